The minimum absolute atomic E-state index is 0.156. The maximum absolute atomic E-state index is 13.9. The fraction of sp³-hybridized carbons (Fsp3) is 0.222. The van der Waals surface area contributed by atoms with Crippen LogP contribution in [0.5, 0.6) is 0 Å². The third-order valence-electron chi connectivity index (χ3n) is 3.88. The number of amides is 1. The maximum Gasteiger partial charge on any atom is 0.285 e. The molecule has 28 heavy (non-hydrogen) atoms. The monoisotopic (exact) mass is 403 g/mol. The van der Waals surface area contributed by atoms with Crippen molar-refractivity contribution in [3.8, 4) is 5.95 Å². The van der Waals surface area contributed by atoms with Crippen LogP contribution in [0.2, 0.25) is 0 Å². The summed E-state index contributed by atoms with van der Waals surface area (Å²) in [4.78, 5) is 20.4. The normalized spacial score (nSPS) is 11.5. The molecule has 0 aliphatic carbocycles. The van der Waals surface area contributed by atoms with Crippen molar-refractivity contribution in [1.82, 2.24) is 24.5 Å². The second-order valence-electron chi connectivity index (χ2n) is 6.40. The molecular weight excluding hydrogens is 385 g/mol. The van der Waals surface area contributed by atoms with Crippen LogP contribution in [-0.2, 0) is 10.0 Å². The molecule has 2 aromatic heterocycles. The van der Waals surface area contributed by atoms with Gasteiger partial charge >= 0.3 is 0 Å². The van der Waals surface area contributed by atoms with Crippen LogP contribution in [0, 0.1) is 33.5 Å². The van der Waals surface area contributed by atoms with Gasteiger partial charge in [-0.15, -0.1) is 0 Å². The Morgan fingerprint density at radius 3 is 2.32 bits per heavy atom. The molecule has 0 unspecified atom stereocenters. The number of carbonyl (C=O) groups excluding carboxylic acids is 1. The predicted molar refractivity (Wildman–Crippen MR) is 99.2 cm³/mol. The Bertz CT molecular complexity index is 1170. The molecule has 0 fully saturated rings. The molecule has 0 aliphatic heterocycles. The second kappa shape index (κ2) is 7.12. The van der Waals surface area contributed by atoms with Gasteiger partial charge in [-0.05, 0) is 57.5 Å². The molecule has 0 radical (unpaired) electrons. The maximum atomic E-state index is 13.9. The van der Waals surface area contributed by atoms with Gasteiger partial charge in [0.25, 0.3) is 21.9 Å². The lowest BCUT2D eigenvalue weighted by Crippen LogP contribution is -2.31. The fourth-order valence-electron chi connectivity index (χ4n) is 2.64. The second-order valence-corrected chi connectivity index (χ2v) is 8.05. The van der Waals surface area contributed by atoms with Crippen molar-refractivity contribution in [1.29, 1.82) is 0 Å². The molecule has 10 heteroatoms. The summed E-state index contributed by atoms with van der Waals surface area (Å²) in [7, 11) is -4.40. The van der Waals surface area contributed by atoms with Crippen LogP contribution >= 0.6 is 0 Å². The highest BCUT2D eigenvalue weighted by Crippen LogP contribution is 2.17. The first-order valence-electron chi connectivity index (χ1n) is 8.29. The van der Waals surface area contributed by atoms with Gasteiger partial charge in [0, 0.05) is 17.1 Å². The lowest BCUT2D eigenvalue weighted by molar-refractivity contribution is 0.0976. The standard InChI is InChI=1S/C18H18FN5O3S/c1-10-5-6-14(19)16(7-10)28(26,27)23-17(25)15-9-13(4)24(22-15)18-20-11(2)8-12(3)21-18/h5-9H,1-4H3,(H,23,25). The minimum Gasteiger partial charge on any atom is -0.266 e. The highest BCUT2D eigenvalue weighted by Gasteiger charge is 2.24. The first-order chi connectivity index (χ1) is 13.1. The zero-order valence-corrected chi connectivity index (χ0v) is 16.5. The summed E-state index contributed by atoms with van der Waals surface area (Å²) in [6, 6.07) is 6.81. The number of aryl methyl sites for hydroxylation is 4. The lowest BCUT2D eigenvalue weighted by Gasteiger charge is -2.07. The van der Waals surface area contributed by atoms with Crippen molar-refractivity contribution < 1.29 is 17.6 Å². The van der Waals surface area contributed by atoms with E-state index in [2.05, 4.69) is 15.1 Å². The number of carbonyl (C=O) groups is 1. The average Bonchev–Trinajstić information content (AvgIpc) is 2.98. The molecule has 3 aromatic rings. The molecule has 0 bridgehead atoms. The van der Waals surface area contributed by atoms with E-state index in [0.717, 1.165) is 23.5 Å². The van der Waals surface area contributed by atoms with Crippen LogP contribution in [0.25, 0.3) is 5.95 Å². The van der Waals surface area contributed by atoms with E-state index < -0.39 is 26.6 Å². The molecule has 1 amide bonds. The van der Waals surface area contributed by atoms with E-state index in [1.165, 1.54) is 16.8 Å². The molecule has 3 rings (SSSR count). The highest BCUT2D eigenvalue weighted by molar-refractivity contribution is 7.90. The molecule has 0 spiro atoms. The number of sulfonamides is 1. The van der Waals surface area contributed by atoms with E-state index in [9.17, 15) is 17.6 Å². The van der Waals surface area contributed by atoms with Crippen molar-refractivity contribution in [2.75, 3.05) is 0 Å². The van der Waals surface area contributed by atoms with Crippen LogP contribution in [0.3, 0.4) is 0 Å². The molecule has 0 aliphatic rings. The Labute approximate surface area is 161 Å². The molecule has 1 aromatic carbocycles. The quantitative estimate of drug-likeness (QED) is 0.715. The van der Waals surface area contributed by atoms with Crippen molar-refractivity contribution in [3.05, 3.63) is 64.5 Å². The Balaban J connectivity index is 1.92. The fourth-order valence-corrected chi connectivity index (χ4v) is 3.76. The van der Waals surface area contributed by atoms with Crippen LogP contribution < -0.4 is 4.72 Å². The van der Waals surface area contributed by atoms with Gasteiger partial charge < -0.3 is 0 Å². The number of hydrogen-bond acceptors (Lipinski definition) is 6. The number of aromatic nitrogens is 4. The Morgan fingerprint density at radius 1 is 1.04 bits per heavy atom. The van der Waals surface area contributed by atoms with E-state index >= 15 is 0 Å². The van der Waals surface area contributed by atoms with E-state index in [1.807, 2.05) is 4.72 Å². The smallest absolute Gasteiger partial charge is 0.266 e. The first kappa shape index (κ1) is 19.6. The van der Waals surface area contributed by atoms with Gasteiger partial charge in [0.05, 0.1) is 0 Å². The summed E-state index contributed by atoms with van der Waals surface area (Å²) >= 11 is 0. The number of halogens is 1. The van der Waals surface area contributed by atoms with Crippen LogP contribution in [0.1, 0.15) is 33.1 Å². The predicted octanol–water partition coefficient (Wildman–Crippen LogP) is 2.15. The third kappa shape index (κ3) is 3.91. The lowest BCUT2D eigenvalue weighted by atomic mass is 10.2. The van der Waals surface area contributed by atoms with Gasteiger partial charge in [0.1, 0.15) is 10.7 Å². The minimum atomic E-state index is -4.40. The van der Waals surface area contributed by atoms with E-state index in [-0.39, 0.29) is 11.6 Å². The van der Waals surface area contributed by atoms with Gasteiger partial charge in [0.2, 0.25) is 0 Å². The summed E-state index contributed by atoms with van der Waals surface area (Å²) in [5.41, 5.74) is 2.37. The molecule has 0 atom stereocenters. The van der Waals surface area contributed by atoms with E-state index in [0.29, 0.717) is 11.3 Å². The molecule has 1 N–H and O–H groups in total. The third-order valence-corrected chi connectivity index (χ3v) is 5.23. The van der Waals surface area contributed by atoms with Crippen molar-refractivity contribution in [3.63, 3.8) is 0 Å². The zero-order valence-electron chi connectivity index (χ0n) is 15.7. The summed E-state index contributed by atoms with van der Waals surface area (Å²) in [6.45, 7) is 6.90. The summed E-state index contributed by atoms with van der Waals surface area (Å²) in [5.74, 6) is -1.66. The summed E-state index contributed by atoms with van der Waals surface area (Å²) < 4.78 is 41.9. The summed E-state index contributed by atoms with van der Waals surface area (Å²) in [5, 5.41) is 4.10. The largest absolute Gasteiger partial charge is 0.285 e. The van der Waals surface area contributed by atoms with Gasteiger partial charge in [-0.1, -0.05) is 6.07 Å². The van der Waals surface area contributed by atoms with Crippen molar-refractivity contribution in [2.45, 2.75) is 32.6 Å². The highest BCUT2D eigenvalue weighted by atomic mass is 32.2. The molecule has 0 saturated heterocycles. The molecule has 8 nitrogen and oxygen atoms in total. The molecule has 2 heterocycles. The molecule has 146 valence electrons. The molecular formula is C18H18FN5O3S. The van der Waals surface area contributed by atoms with Crippen LogP contribution in [0.4, 0.5) is 4.39 Å². The van der Waals surface area contributed by atoms with Crippen LogP contribution in [0.15, 0.2) is 35.2 Å². The Hall–Kier alpha value is -3.14. The number of benzene rings is 1. The van der Waals surface area contributed by atoms with Gasteiger partial charge in [0.15, 0.2) is 5.69 Å². The van der Waals surface area contributed by atoms with Gasteiger partial charge in [-0.3, -0.25) is 4.79 Å². The SMILES string of the molecule is Cc1ccc(F)c(S(=O)(=O)NC(=O)c2cc(C)n(-c3nc(C)cc(C)n3)n2)c1. The number of hydrogen-bond donors (Lipinski definition) is 1. The zero-order chi connectivity index (χ0) is 20.6. The summed E-state index contributed by atoms with van der Waals surface area (Å²) in [6.07, 6.45) is 0. The van der Waals surface area contributed by atoms with Crippen molar-refractivity contribution >= 4 is 15.9 Å². The number of nitrogens with one attached hydrogen (secondary N) is 1. The Kier molecular flexibility index (Phi) is 4.99. The van der Waals surface area contributed by atoms with Gasteiger partial charge in [-0.2, -0.15) is 5.10 Å². The van der Waals surface area contributed by atoms with Gasteiger partial charge in [-0.25, -0.2) is 32.2 Å². The van der Waals surface area contributed by atoms with E-state index in [1.54, 1.807) is 33.8 Å². The van der Waals surface area contributed by atoms with Crippen molar-refractivity contribution in [2.24, 2.45) is 0 Å². The average molecular weight is 403 g/mol. The molecule has 0 saturated carbocycles. The first-order valence-corrected chi connectivity index (χ1v) is 9.78. The van der Waals surface area contributed by atoms with Crippen LogP contribution in [-0.4, -0.2) is 34.1 Å². The number of nitrogens with zero attached hydrogens (tertiary/aromatic N) is 4. The number of rotatable bonds is 4. The van der Waals surface area contributed by atoms with E-state index in [4.69, 9.17) is 0 Å². The Morgan fingerprint density at radius 2 is 1.68 bits per heavy atom. The topological polar surface area (TPSA) is 107 Å².